The molecule has 2 N–H and O–H groups in total. The van der Waals surface area contributed by atoms with E-state index in [0.29, 0.717) is 10.00 Å². The lowest BCUT2D eigenvalue weighted by molar-refractivity contribution is 0.584. The van der Waals surface area contributed by atoms with E-state index in [0.717, 1.165) is 19.0 Å². The second-order valence-corrected chi connectivity index (χ2v) is 7.71. The summed E-state index contributed by atoms with van der Waals surface area (Å²) in [7, 11) is 1.84. The van der Waals surface area contributed by atoms with Gasteiger partial charge in [-0.2, -0.15) is 23.5 Å². The fourth-order valence-corrected chi connectivity index (χ4v) is 3.29. The van der Waals surface area contributed by atoms with E-state index in [-0.39, 0.29) is 24.0 Å². The Kier molecular flexibility index (Phi) is 9.95. The zero-order valence-electron chi connectivity index (χ0n) is 11.8. The zero-order chi connectivity index (χ0) is 12.7. The molecule has 0 aliphatic carbocycles. The molecule has 0 saturated carbocycles. The van der Waals surface area contributed by atoms with Crippen molar-refractivity contribution in [2.45, 2.75) is 36.7 Å². The van der Waals surface area contributed by atoms with Gasteiger partial charge in [0.1, 0.15) is 0 Å². The molecule has 0 aromatic rings. The average molecular weight is 403 g/mol. The zero-order valence-corrected chi connectivity index (χ0v) is 15.7. The summed E-state index contributed by atoms with van der Waals surface area (Å²) in [6.07, 6.45) is 4.79. The van der Waals surface area contributed by atoms with Crippen molar-refractivity contribution in [1.29, 1.82) is 0 Å². The summed E-state index contributed by atoms with van der Waals surface area (Å²) in [4.78, 5) is 4.26. The number of hydrogen-bond acceptors (Lipinski definition) is 3. The highest BCUT2D eigenvalue weighted by Crippen LogP contribution is 2.36. The minimum Gasteiger partial charge on any atom is -0.355 e. The Labute approximate surface area is 137 Å². The van der Waals surface area contributed by atoms with Crippen LogP contribution in [0.5, 0.6) is 0 Å². The Morgan fingerprint density at radius 1 is 1.50 bits per heavy atom. The Balaban J connectivity index is 0.00000289. The molecule has 0 bridgehead atoms. The van der Waals surface area contributed by atoms with Crippen molar-refractivity contribution >= 4 is 53.5 Å². The van der Waals surface area contributed by atoms with Crippen LogP contribution in [0.2, 0.25) is 0 Å². The van der Waals surface area contributed by atoms with Crippen LogP contribution in [0.25, 0.3) is 0 Å². The van der Waals surface area contributed by atoms with E-state index in [2.05, 4.69) is 47.5 Å². The quantitative estimate of drug-likeness (QED) is 0.421. The fraction of sp³-hybridized carbons (Fsp3) is 0.917. The summed E-state index contributed by atoms with van der Waals surface area (Å²) < 4.78 is 0.392. The van der Waals surface area contributed by atoms with Gasteiger partial charge in [0.05, 0.1) is 0 Å². The van der Waals surface area contributed by atoms with Crippen LogP contribution in [0.3, 0.4) is 0 Å². The van der Waals surface area contributed by atoms with Crippen LogP contribution in [-0.2, 0) is 0 Å². The highest BCUT2D eigenvalue weighted by Gasteiger charge is 2.29. The Hall–Kier alpha value is 0.700. The number of nitrogens with one attached hydrogen (secondary N) is 2. The number of rotatable bonds is 5. The van der Waals surface area contributed by atoms with Gasteiger partial charge < -0.3 is 10.6 Å². The van der Waals surface area contributed by atoms with Gasteiger partial charge in [0.2, 0.25) is 0 Å². The van der Waals surface area contributed by atoms with Crippen molar-refractivity contribution in [2.24, 2.45) is 4.99 Å². The predicted molar refractivity (Wildman–Crippen MR) is 97.9 cm³/mol. The third-order valence-electron chi connectivity index (χ3n) is 3.11. The number of guanidine groups is 1. The molecule has 1 rings (SSSR count). The molecule has 1 aliphatic rings. The first-order valence-corrected chi connectivity index (χ1v) is 8.48. The van der Waals surface area contributed by atoms with E-state index in [1.54, 1.807) is 0 Å². The molecule has 6 heteroatoms. The lowest BCUT2D eigenvalue weighted by atomic mass is 10.1. The summed E-state index contributed by atoms with van der Waals surface area (Å²) in [5.41, 5.74) is 0. The maximum atomic E-state index is 4.26. The number of thioether (sulfide) groups is 2. The minimum atomic E-state index is 0. The molecule has 18 heavy (non-hydrogen) atoms. The first kappa shape index (κ1) is 18.7. The monoisotopic (exact) mass is 403 g/mol. The maximum Gasteiger partial charge on any atom is 0.191 e. The van der Waals surface area contributed by atoms with Crippen LogP contribution >= 0.6 is 47.5 Å². The van der Waals surface area contributed by atoms with Gasteiger partial charge in [0.25, 0.3) is 0 Å². The molecule has 0 spiro atoms. The van der Waals surface area contributed by atoms with Gasteiger partial charge in [-0.3, -0.25) is 4.99 Å². The van der Waals surface area contributed by atoms with E-state index < -0.39 is 0 Å². The smallest absolute Gasteiger partial charge is 0.191 e. The molecule has 0 aromatic carbocycles. The molecule has 1 aliphatic heterocycles. The SMILES string of the molecule is CN=C(NCC(C)SC)NCC1(C)CCCS1.I. The number of nitrogens with zero attached hydrogens (tertiary/aromatic N) is 1. The van der Waals surface area contributed by atoms with Crippen LogP contribution in [0.4, 0.5) is 0 Å². The second kappa shape index (κ2) is 9.58. The van der Waals surface area contributed by atoms with Crippen LogP contribution < -0.4 is 10.6 Å². The van der Waals surface area contributed by atoms with E-state index in [9.17, 15) is 0 Å². The van der Waals surface area contributed by atoms with Crippen molar-refractivity contribution in [2.75, 3.05) is 32.1 Å². The Bertz CT molecular complexity index is 256. The van der Waals surface area contributed by atoms with Gasteiger partial charge in [0, 0.05) is 30.1 Å². The average Bonchev–Trinajstić information content (AvgIpc) is 2.76. The summed E-state index contributed by atoms with van der Waals surface area (Å²) in [5, 5.41) is 7.43. The topological polar surface area (TPSA) is 36.4 Å². The summed E-state index contributed by atoms with van der Waals surface area (Å²) >= 11 is 3.95. The fourth-order valence-electron chi connectivity index (χ4n) is 1.79. The Morgan fingerprint density at radius 2 is 2.22 bits per heavy atom. The van der Waals surface area contributed by atoms with Gasteiger partial charge in [-0.15, -0.1) is 24.0 Å². The van der Waals surface area contributed by atoms with Crippen molar-refractivity contribution < 1.29 is 0 Å². The lowest BCUT2D eigenvalue weighted by Crippen LogP contribution is -2.45. The van der Waals surface area contributed by atoms with Gasteiger partial charge in [-0.05, 0) is 31.8 Å². The third kappa shape index (κ3) is 6.75. The van der Waals surface area contributed by atoms with Crippen molar-refractivity contribution in [3.05, 3.63) is 0 Å². The first-order chi connectivity index (χ1) is 8.09. The van der Waals surface area contributed by atoms with Crippen molar-refractivity contribution in [3.8, 4) is 0 Å². The molecular weight excluding hydrogens is 377 g/mol. The van der Waals surface area contributed by atoms with Crippen molar-refractivity contribution in [3.63, 3.8) is 0 Å². The third-order valence-corrected chi connectivity index (χ3v) is 5.62. The molecule has 1 heterocycles. The minimum absolute atomic E-state index is 0. The van der Waals surface area contributed by atoms with Gasteiger partial charge in [-0.1, -0.05) is 6.92 Å². The van der Waals surface area contributed by atoms with E-state index in [4.69, 9.17) is 0 Å². The largest absolute Gasteiger partial charge is 0.355 e. The molecule has 1 saturated heterocycles. The van der Waals surface area contributed by atoms with Crippen LogP contribution in [-0.4, -0.2) is 48.1 Å². The summed E-state index contributed by atoms with van der Waals surface area (Å²) in [5.74, 6) is 2.23. The normalized spacial score (nSPS) is 25.4. The predicted octanol–water partition coefficient (Wildman–Crippen LogP) is 2.81. The maximum absolute atomic E-state index is 4.26. The lowest BCUT2D eigenvalue weighted by Gasteiger charge is -2.24. The van der Waals surface area contributed by atoms with E-state index in [1.165, 1.54) is 18.6 Å². The second-order valence-electron chi connectivity index (χ2n) is 4.75. The first-order valence-electron chi connectivity index (χ1n) is 6.21. The molecule has 3 nitrogen and oxygen atoms in total. The van der Waals surface area contributed by atoms with Gasteiger partial charge in [-0.25, -0.2) is 0 Å². The molecule has 2 atom stereocenters. The summed E-state index contributed by atoms with van der Waals surface area (Å²) in [6, 6.07) is 0. The van der Waals surface area contributed by atoms with E-state index >= 15 is 0 Å². The molecular formula is C12H26IN3S2. The van der Waals surface area contributed by atoms with Gasteiger partial charge in [0.15, 0.2) is 5.96 Å². The Morgan fingerprint density at radius 3 is 2.72 bits per heavy atom. The van der Waals surface area contributed by atoms with Gasteiger partial charge >= 0.3 is 0 Å². The number of hydrogen-bond donors (Lipinski definition) is 2. The molecule has 108 valence electrons. The molecule has 0 amide bonds. The molecule has 0 aromatic heterocycles. The van der Waals surface area contributed by atoms with Crippen LogP contribution in [0.15, 0.2) is 4.99 Å². The van der Waals surface area contributed by atoms with Crippen LogP contribution in [0, 0.1) is 0 Å². The molecule has 1 fully saturated rings. The van der Waals surface area contributed by atoms with Crippen molar-refractivity contribution in [1.82, 2.24) is 10.6 Å². The molecule has 0 radical (unpaired) electrons. The summed E-state index contributed by atoms with van der Waals surface area (Å²) in [6.45, 7) is 6.53. The number of halogens is 1. The van der Waals surface area contributed by atoms with E-state index in [1.807, 2.05) is 18.8 Å². The highest BCUT2D eigenvalue weighted by atomic mass is 127. The standard InChI is InChI=1S/C12H25N3S2.HI/c1-10(16-4)8-14-11(13-3)15-9-12(2)6-5-7-17-12;/h10H,5-9H2,1-4H3,(H2,13,14,15);1H. The molecule has 2 unspecified atom stereocenters. The number of aliphatic imine (C=N–C) groups is 1. The highest BCUT2D eigenvalue weighted by molar-refractivity contribution is 14.0. The van der Waals surface area contributed by atoms with Crippen LogP contribution in [0.1, 0.15) is 26.7 Å².